The van der Waals surface area contributed by atoms with Crippen molar-refractivity contribution in [2.24, 2.45) is 17.3 Å². The number of likely N-dealkylation sites (tertiary alicyclic amines) is 1. The van der Waals surface area contributed by atoms with Gasteiger partial charge in [0.15, 0.2) is 0 Å². The Labute approximate surface area is 108 Å². The SMILES string of the molecule is CC1CC(C(=O)O)CN(C(=O)NC2CC2(C)C)C1. The van der Waals surface area contributed by atoms with Crippen LogP contribution in [0.2, 0.25) is 0 Å². The van der Waals surface area contributed by atoms with E-state index >= 15 is 0 Å². The van der Waals surface area contributed by atoms with Crippen LogP contribution in [0.25, 0.3) is 0 Å². The minimum Gasteiger partial charge on any atom is -0.481 e. The molecule has 0 radical (unpaired) electrons. The highest BCUT2D eigenvalue weighted by atomic mass is 16.4. The molecule has 1 saturated heterocycles. The van der Waals surface area contributed by atoms with Gasteiger partial charge < -0.3 is 15.3 Å². The van der Waals surface area contributed by atoms with E-state index in [4.69, 9.17) is 5.11 Å². The van der Waals surface area contributed by atoms with Crippen molar-refractivity contribution in [3.63, 3.8) is 0 Å². The number of carbonyl (C=O) groups is 2. The molecule has 5 heteroatoms. The fourth-order valence-electron chi connectivity index (χ4n) is 2.65. The minimum absolute atomic E-state index is 0.108. The molecule has 2 fully saturated rings. The predicted molar refractivity (Wildman–Crippen MR) is 67.2 cm³/mol. The molecule has 1 aliphatic carbocycles. The number of nitrogens with zero attached hydrogens (tertiary/aromatic N) is 1. The quantitative estimate of drug-likeness (QED) is 0.785. The standard InChI is InChI=1S/C13H22N2O3/c1-8-4-9(11(16)17)7-15(6-8)12(18)14-10-5-13(10,2)3/h8-10H,4-7H2,1-3H3,(H,14,18)(H,16,17). The molecule has 0 aromatic heterocycles. The number of urea groups is 1. The Morgan fingerprint density at radius 2 is 1.94 bits per heavy atom. The van der Waals surface area contributed by atoms with Crippen LogP contribution in [0.15, 0.2) is 0 Å². The van der Waals surface area contributed by atoms with Crippen molar-refractivity contribution in [3.05, 3.63) is 0 Å². The molecular formula is C13H22N2O3. The second-order valence-electron chi connectivity index (χ2n) is 6.48. The molecule has 2 N–H and O–H groups in total. The molecule has 18 heavy (non-hydrogen) atoms. The summed E-state index contributed by atoms with van der Waals surface area (Å²) in [5, 5.41) is 12.1. The maximum atomic E-state index is 12.1. The maximum Gasteiger partial charge on any atom is 0.317 e. The summed E-state index contributed by atoms with van der Waals surface area (Å²) in [4.78, 5) is 24.8. The predicted octanol–water partition coefficient (Wildman–Crippen LogP) is 1.54. The molecule has 0 aromatic rings. The fourth-order valence-corrected chi connectivity index (χ4v) is 2.65. The van der Waals surface area contributed by atoms with Crippen molar-refractivity contribution < 1.29 is 14.7 Å². The summed E-state index contributed by atoms with van der Waals surface area (Å²) in [5.41, 5.74) is 0.198. The second kappa shape index (κ2) is 4.44. The molecule has 3 atom stereocenters. The zero-order valence-electron chi connectivity index (χ0n) is 11.3. The first-order valence-corrected chi connectivity index (χ1v) is 6.58. The van der Waals surface area contributed by atoms with Crippen molar-refractivity contribution in [1.29, 1.82) is 0 Å². The van der Waals surface area contributed by atoms with Crippen LogP contribution >= 0.6 is 0 Å². The van der Waals surface area contributed by atoms with Gasteiger partial charge in [-0.25, -0.2) is 4.79 Å². The van der Waals surface area contributed by atoms with Gasteiger partial charge in [-0.15, -0.1) is 0 Å². The number of rotatable bonds is 2. The summed E-state index contributed by atoms with van der Waals surface area (Å²) in [6, 6.07) is 0.133. The highest BCUT2D eigenvalue weighted by molar-refractivity contribution is 5.77. The van der Waals surface area contributed by atoms with Crippen molar-refractivity contribution >= 4 is 12.0 Å². The molecule has 0 bridgehead atoms. The van der Waals surface area contributed by atoms with Gasteiger partial charge in [0.25, 0.3) is 0 Å². The first-order valence-electron chi connectivity index (χ1n) is 6.58. The van der Waals surface area contributed by atoms with Gasteiger partial charge in [-0.05, 0) is 24.2 Å². The van der Waals surface area contributed by atoms with E-state index in [1.807, 2.05) is 6.92 Å². The first kappa shape index (κ1) is 13.2. The Hall–Kier alpha value is -1.26. The smallest absolute Gasteiger partial charge is 0.317 e. The van der Waals surface area contributed by atoms with Crippen LogP contribution in [0, 0.1) is 17.3 Å². The number of amides is 2. The second-order valence-corrected chi connectivity index (χ2v) is 6.48. The van der Waals surface area contributed by atoms with Crippen LogP contribution in [0.5, 0.6) is 0 Å². The number of aliphatic carboxylic acids is 1. The van der Waals surface area contributed by atoms with Crippen LogP contribution in [0.4, 0.5) is 4.79 Å². The zero-order chi connectivity index (χ0) is 13.5. The summed E-state index contributed by atoms with van der Waals surface area (Å²) >= 11 is 0. The van der Waals surface area contributed by atoms with Crippen molar-refractivity contribution in [3.8, 4) is 0 Å². The fraction of sp³-hybridized carbons (Fsp3) is 0.846. The highest BCUT2D eigenvalue weighted by Crippen LogP contribution is 2.44. The third kappa shape index (κ3) is 2.76. The number of carbonyl (C=O) groups excluding carboxylic acids is 1. The lowest BCUT2D eigenvalue weighted by molar-refractivity contribution is -0.143. The number of hydrogen-bond donors (Lipinski definition) is 2. The number of piperidine rings is 1. The Bertz CT molecular complexity index is 367. The highest BCUT2D eigenvalue weighted by Gasteiger charge is 2.47. The van der Waals surface area contributed by atoms with Gasteiger partial charge in [0.1, 0.15) is 0 Å². The lowest BCUT2D eigenvalue weighted by Gasteiger charge is -2.34. The van der Waals surface area contributed by atoms with Crippen LogP contribution in [0.3, 0.4) is 0 Å². The van der Waals surface area contributed by atoms with E-state index in [9.17, 15) is 9.59 Å². The summed E-state index contributed by atoms with van der Waals surface area (Å²) in [6.45, 7) is 7.23. The van der Waals surface area contributed by atoms with Gasteiger partial charge in [0.05, 0.1) is 5.92 Å². The molecule has 3 unspecified atom stereocenters. The van der Waals surface area contributed by atoms with Crippen LogP contribution < -0.4 is 5.32 Å². The van der Waals surface area contributed by atoms with Gasteiger partial charge in [-0.2, -0.15) is 0 Å². The molecule has 0 aromatic carbocycles. The van der Waals surface area contributed by atoms with Crippen LogP contribution in [0.1, 0.15) is 33.6 Å². The van der Waals surface area contributed by atoms with E-state index in [1.165, 1.54) is 0 Å². The van der Waals surface area contributed by atoms with E-state index in [0.717, 1.165) is 6.42 Å². The van der Waals surface area contributed by atoms with Gasteiger partial charge >= 0.3 is 12.0 Å². The van der Waals surface area contributed by atoms with Crippen LogP contribution in [-0.2, 0) is 4.79 Å². The average molecular weight is 254 g/mol. The molecule has 2 amide bonds. The first-order chi connectivity index (χ1) is 8.29. The van der Waals surface area contributed by atoms with Gasteiger partial charge in [0.2, 0.25) is 0 Å². The Balaban J connectivity index is 1.91. The number of carboxylic acid groups (broad SMARTS) is 1. The molecule has 5 nitrogen and oxygen atoms in total. The largest absolute Gasteiger partial charge is 0.481 e. The monoisotopic (exact) mass is 254 g/mol. The normalized spacial score (nSPS) is 33.9. The zero-order valence-corrected chi connectivity index (χ0v) is 11.3. The van der Waals surface area contributed by atoms with E-state index in [2.05, 4.69) is 19.2 Å². The van der Waals surface area contributed by atoms with Gasteiger partial charge in [-0.1, -0.05) is 20.8 Å². The number of hydrogen-bond acceptors (Lipinski definition) is 2. The summed E-state index contributed by atoms with van der Waals surface area (Å²) < 4.78 is 0. The Morgan fingerprint density at radius 3 is 2.44 bits per heavy atom. The summed E-state index contributed by atoms with van der Waals surface area (Å²) in [5.74, 6) is -0.976. The molecule has 2 aliphatic rings. The maximum absolute atomic E-state index is 12.1. The number of carboxylic acids is 1. The van der Waals surface area contributed by atoms with E-state index in [1.54, 1.807) is 4.90 Å². The third-order valence-corrected chi connectivity index (χ3v) is 4.11. The van der Waals surface area contributed by atoms with Crippen LogP contribution in [-0.4, -0.2) is 41.1 Å². The van der Waals surface area contributed by atoms with Crippen molar-refractivity contribution in [1.82, 2.24) is 10.2 Å². The molecule has 2 rings (SSSR count). The molecule has 102 valence electrons. The lowest BCUT2D eigenvalue weighted by atomic mass is 9.91. The van der Waals surface area contributed by atoms with E-state index in [0.29, 0.717) is 19.5 Å². The van der Waals surface area contributed by atoms with Gasteiger partial charge in [-0.3, -0.25) is 4.79 Å². The Kier molecular flexibility index (Phi) is 3.25. The molecule has 1 saturated carbocycles. The average Bonchev–Trinajstić information content (AvgIpc) is 2.84. The topological polar surface area (TPSA) is 69.6 Å². The van der Waals surface area contributed by atoms with Crippen molar-refractivity contribution in [2.75, 3.05) is 13.1 Å². The Morgan fingerprint density at radius 1 is 1.33 bits per heavy atom. The summed E-state index contributed by atoms with van der Waals surface area (Å²) in [6.07, 6.45) is 1.67. The van der Waals surface area contributed by atoms with Gasteiger partial charge in [0, 0.05) is 19.1 Å². The number of nitrogens with one attached hydrogen (secondary N) is 1. The van der Waals surface area contributed by atoms with Crippen molar-refractivity contribution in [2.45, 2.75) is 39.7 Å². The van der Waals surface area contributed by atoms with E-state index in [-0.39, 0.29) is 23.4 Å². The molecule has 1 heterocycles. The molecule has 0 spiro atoms. The third-order valence-electron chi connectivity index (χ3n) is 4.11. The lowest BCUT2D eigenvalue weighted by Crippen LogP contribution is -2.50. The summed E-state index contributed by atoms with van der Waals surface area (Å²) in [7, 11) is 0. The molecular weight excluding hydrogens is 232 g/mol. The van der Waals surface area contributed by atoms with E-state index < -0.39 is 11.9 Å². The molecule has 1 aliphatic heterocycles. The minimum atomic E-state index is -0.800.